The molecular weight excluding hydrogens is 272 g/mol. The zero-order valence-electron chi connectivity index (χ0n) is 12.5. The Labute approximate surface area is 123 Å². The molecule has 0 radical (unpaired) electrons. The number of carbonyl (C=O) groups excluding carboxylic acids is 2. The van der Waals surface area contributed by atoms with Gasteiger partial charge in [-0.2, -0.15) is 5.10 Å². The van der Waals surface area contributed by atoms with Crippen molar-refractivity contribution in [2.75, 3.05) is 45.0 Å². The number of likely N-dealkylation sites (N-methyl/N-ethyl adjacent to an activating group) is 1. The summed E-state index contributed by atoms with van der Waals surface area (Å²) in [6.07, 6.45) is 1.48. The number of nitrogens with one attached hydrogen (secondary N) is 1. The maximum Gasteiger partial charge on any atom is 0.274 e. The molecule has 0 aliphatic carbocycles. The number of nitrogens with two attached hydrogens (primary N) is 1. The molecule has 1 aliphatic rings. The first kappa shape index (κ1) is 15.3. The number of aryl methyl sites for hydroxylation is 1. The lowest BCUT2D eigenvalue weighted by Gasteiger charge is -2.34. The van der Waals surface area contributed by atoms with Crippen molar-refractivity contribution in [2.45, 2.75) is 6.92 Å². The lowest BCUT2D eigenvalue weighted by molar-refractivity contribution is -0.122. The lowest BCUT2D eigenvalue weighted by Crippen LogP contribution is -2.51. The SMILES string of the molecule is CCNC(=O)CN1CCN(C(=O)c2c(N)cnn2C)CC1. The summed E-state index contributed by atoms with van der Waals surface area (Å²) in [5.74, 6) is -0.0849. The van der Waals surface area contributed by atoms with E-state index in [1.807, 2.05) is 11.8 Å². The predicted molar refractivity (Wildman–Crippen MR) is 78.6 cm³/mol. The molecule has 0 saturated carbocycles. The summed E-state index contributed by atoms with van der Waals surface area (Å²) in [6.45, 7) is 5.44. The van der Waals surface area contributed by atoms with E-state index in [9.17, 15) is 9.59 Å². The largest absolute Gasteiger partial charge is 0.396 e. The highest BCUT2D eigenvalue weighted by Gasteiger charge is 2.26. The number of anilines is 1. The summed E-state index contributed by atoms with van der Waals surface area (Å²) < 4.78 is 1.50. The summed E-state index contributed by atoms with van der Waals surface area (Å²) in [6, 6.07) is 0. The molecule has 1 saturated heterocycles. The fourth-order valence-electron chi connectivity index (χ4n) is 2.43. The van der Waals surface area contributed by atoms with Crippen LogP contribution in [0.15, 0.2) is 6.20 Å². The Morgan fingerprint density at radius 2 is 2.00 bits per heavy atom. The van der Waals surface area contributed by atoms with Gasteiger partial charge in [0.05, 0.1) is 18.4 Å². The molecule has 8 heteroatoms. The first-order chi connectivity index (χ1) is 10.0. The van der Waals surface area contributed by atoms with E-state index in [2.05, 4.69) is 10.4 Å². The van der Waals surface area contributed by atoms with Crippen molar-refractivity contribution >= 4 is 17.5 Å². The minimum absolute atomic E-state index is 0.0214. The molecule has 2 amide bonds. The van der Waals surface area contributed by atoms with Crippen molar-refractivity contribution in [3.8, 4) is 0 Å². The maximum absolute atomic E-state index is 12.4. The minimum atomic E-state index is -0.106. The van der Waals surface area contributed by atoms with Crippen LogP contribution in [0.1, 0.15) is 17.4 Å². The average Bonchev–Trinajstić information content (AvgIpc) is 2.78. The standard InChI is InChI=1S/C13H22N6O2/c1-3-15-11(20)9-18-4-6-19(7-5-18)13(21)12-10(14)8-16-17(12)2/h8H,3-7,9,14H2,1-2H3,(H,15,20). The van der Waals surface area contributed by atoms with Gasteiger partial charge >= 0.3 is 0 Å². The second kappa shape index (κ2) is 6.57. The minimum Gasteiger partial charge on any atom is -0.396 e. The van der Waals surface area contributed by atoms with E-state index < -0.39 is 0 Å². The van der Waals surface area contributed by atoms with Crippen LogP contribution < -0.4 is 11.1 Å². The van der Waals surface area contributed by atoms with Gasteiger partial charge < -0.3 is 16.0 Å². The second-order valence-electron chi connectivity index (χ2n) is 5.09. The topological polar surface area (TPSA) is 96.5 Å². The summed E-state index contributed by atoms with van der Waals surface area (Å²) in [5.41, 5.74) is 6.60. The number of piperazine rings is 1. The normalized spacial score (nSPS) is 16.0. The van der Waals surface area contributed by atoms with Crippen LogP contribution in [0.5, 0.6) is 0 Å². The maximum atomic E-state index is 12.4. The van der Waals surface area contributed by atoms with E-state index in [1.165, 1.54) is 10.9 Å². The molecule has 0 atom stereocenters. The third-order valence-electron chi connectivity index (χ3n) is 3.57. The van der Waals surface area contributed by atoms with Gasteiger partial charge in [-0.25, -0.2) is 0 Å². The smallest absolute Gasteiger partial charge is 0.274 e. The quantitative estimate of drug-likeness (QED) is 0.734. The van der Waals surface area contributed by atoms with Gasteiger partial charge in [-0.1, -0.05) is 0 Å². The van der Waals surface area contributed by atoms with Crippen LogP contribution in [-0.2, 0) is 11.8 Å². The van der Waals surface area contributed by atoms with Crippen molar-refractivity contribution < 1.29 is 9.59 Å². The van der Waals surface area contributed by atoms with Crippen molar-refractivity contribution in [1.29, 1.82) is 0 Å². The second-order valence-corrected chi connectivity index (χ2v) is 5.09. The fourth-order valence-corrected chi connectivity index (χ4v) is 2.43. The van der Waals surface area contributed by atoms with E-state index in [0.29, 0.717) is 50.6 Å². The monoisotopic (exact) mass is 294 g/mol. The predicted octanol–water partition coefficient (Wildman–Crippen LogP) is -1.10. The third kappa shape index (κ3) is 3.52. The molecule has 2 rings (SSSR count). The molecule has 1 fully saturated rings. The van der Waals surface area contributed by atoms with Gasteiger partial charge in [0.15, 0.2) is 0 Å². The van der Waals surface area contributed by atoms with Gasteiger partial charge in [-0.3, -0.25) is 19.2 Å². The summed E-state index contributed by atoms with van der Waals surface area (Å²) >= 11 is 0. The number of hydrogen-bond acceptors (Lipinski definition) is 5. The Kier molecular flexibility index (Phi) is 4.79. The highest BCUT2D eigenvalue weighted by molar-refractivity contribution is 5.97. The van der Waals surface area contributed by atoms with Gasteiger partial charge in [0.25, 0.3) is 5.91 Å². The number of aromatic nitrogens is 2. The summed E-state index contributed by atoms with van der Waals surface area (Å²) in [5, 5.41) is 6.76. The molecule has 0 spiro atoms. The number of hydrogen-bond donors (Lipinski definition) is 2. The van der Waals surface area contributed by atoms with Crippen molar-refractivity contribution in [1.82, 2.24) is 24.9 Å². The molecule has 1 aromatic rings. The Hall–Kier alpha value is -2.09. The zero-order chi connectivity index (χ0) is 15.4. The van der Waals surface area contributed by atoms with Crippen LogP contribution in [-0.4, -0.2) is 70.7 Å². The van der Waals surface area contributed by atoms with E-state index in [0.717, 1.165) is 0 Å². The van der Waals surface area contributed by atoms with Gasteiger partial charge in [-0.05, 0) is 6.92 Å². The molecule has 8 nitrogen and oxygen atoms in total. The molecule has 1 aromatic heterocycles. The van der Waals surface area contributed by atoms with E-state index in [4.69, 9.17) is 5.73 Å². The third-order valence-corrected chi connectivity index (χ3v) is 3.57. The molecule has 3 N–H and O–H groups in total. The average molecular weight is 294 g/mol. The van der Waals surface area contributed by atoms with E-state index >= 15 is 0 Å². The first-order valence-corrected chi connectivity index (χ1v) is 7.08. The highest BCUT2D eigenvalue weighted by Crippen LogP contribution is 2.14. The molecule has 0 unspecified atom stereocenters. The van der Waals surface area contributed by atoms with Crippen molar-refractivity contribution in [3.63, 3.8) is 0 Å². The Balaban J connectivity index is 1.89. The molecule has 116 valence electrons. The van der Waals surface area contributed by atoms with Gasteiger partial charge in [0.1, 0.15) is 5.69 Å². The van der Waals surface area contributed by atoms with Crippen LogP contribution in [0, 0.1) is 0 Å². The number of nitrogen functional groups attached to an aromatic ring is 1. The number of rotatable bonds is 4. The molecule has 2 heterocycles. The fraction of sp³-hybridized carbons (Fsp3) is 0.615. The first-order valence-electron chi connectivity index (χ1n) is 7.08. The number of carbonyl (C=O) groups is 2. The highest BCUT2D eigenvalue weighted by atomic mass is 16.2. The van der Waals surface area contributed by atoms with Crippen LogP contribution in [0.25, 0.3) is 0 Å². The molecular formula is C13H22N6O2. The molecule has 1 aliphatic heterocycles. The summed E-state index contributed by atoms with van der Waals surface area (Å²) in [7, 11) is 1.70. The number of amides is 2. The summed E-state index contributed by atoms with van der Waals surface area (Å²) in [4.78, 5) is 27.8. The van der Waals surface area contributed by atoms with Crippen LogP contribution in [0.4, 0.5) is 5.69 Å². The zero-order valence-corrected chi connectivity index (χ0v) is 12.5. The van der Waals surface area contributed by atoms with Crippen LogP contribution in [0.2, 0.25) is 0 Å². The lowest BCUT2D eigenvalue weighted by atomic mass is 10.2. The Morgan fingerprint density at radius 1 is 1.33 bits per heavy atom. The van der Waals surface area contributed by atoms with E-state index in [1.54, 1.807) is 11.9 Å². The van der Waals surface area contributed by atoms with Crippen LogP contribution in [0.3, 0.4) is 0 Å². The van der Waals surface area contributed by atoms with Crippen molar-refractivity contribution in [2.24, 2.45) is 7.05 Å². The molecule has 0 bridgehead atoms. The van der Waals surface area contributed by atoms with Gasteiger partial charge in [0.2, 0.25) is 5.91 Å². The van der Waals surface area contributed by atoms with Crippen molar-refractivity contribution in [3.05, 3.63) is 11.9 Å². The Morgan fingerprint density at radius 3 is 2.52 bits per heavy atom. The Bertz CT molecular complexity index is 499. The van der Waals surface area contributed by atoms with E-state index in [-0.39, 0.29) is 11.8 Å². The van der Waals surface area contributed by atoms with Gasteiger partial charge in [-0.15, -0.1) is 0 Å². The van der Waals surface area contributed by atoms with Gasteiger partial charge in [0, 0.05) is 39.8 Å². The molecule has 21 heavy (non-hydrogen) atoms. The van der Waals surface area contributed by atoms with Crippen LogP contribution >= 0.6 is 0 Å². The number of nitrogens with zero attached hydrogens (tertiary/aromatic N) is 4. The molecule has 0 aromatic carbocycles.